The van der Waals surface area contributed by atoms with Crippen molar-refractivity contribution >= 4 is 5.97 Å². The van der Waals surface area contributed by atoms with E-state index in [0.29, 0.717) is 25.0 Å². The van der Waals surface area contributed by atoms with E-state index < -0.39 is 23.9 Å². The van der Waals surface area contributed by atoms with Gasteiger partial charge in [0.2, 0.25) is 0 Å². The summed E-state index contributed by atoms with van der Waals surface area (Å²) in [4.78, 5) is 12.9. The van der Waals surface area contributed by atoms with E-state index in [2.05, 4.69) is 25.2 Å². The lowest BCUT2D eigenvalue weighted by Gasteiger charge is -2.49. The molecule has 0 aromatic carbocycles. The van der Waals surface area contributed by atoms with Crippen molar-refractivity contribution in [1.82, 2.24) is 0 Å². The maximum absolute atomic E-state index is 12.9. The van der Waals surface area contributed by atoms with Crippen molar-refractivity contribution in [3.63, 3.8) is 0 Å². The molecule has 1 saturated carbocycles. The van der Waals surface area contributed by atoms with Crippen LogP contribution in [0, 0.1) is 29.6 Å². The fraction of sp³-hybridized carbons (Fsp3) is 0.690. The van der Waals surface area contributed by atoms with E-state index in [1.54, 1.807) is 20.1 Å². The van der Waals surface area contributed by atoms with Crippen LogP contribution >= 0.6 is 0 Å². The smallest absolute Gasteiger partial charge is 0.334 e. The Kier molecular flexibility index (Phi) is 7.07. The van der Waals surface area contributed by atoms with Gasteiger partial charge in [-0.15, -0.1) is 0 Å². The lowest BCUT2D eigenvalue weighted by molar-refractivity contribution is -0.165. The van der Waals surface area contributed by atoms with Crippen LogP contribution in [-0.2, 0) is 23.7 Å². The Morgan fingerprint density at radius 1 is 1.28 bits per heavy atom. The molecule has 2 fully saturated rings. The highest BCUT2D eigenvalue weighted by molar-refractivity contribution is 5.90. The van der Waals surface area contributed by atoms with E-state index in [4.69, 9.17) is 18.9 Å². The van der Waals surface area contributed by atoms with Crippen LogP contribution < -0.4 is 0 Å². The molecule has 1 spiro atoms. The molecule has 7 nitrogen and oxygen atoms in total. The van der Waals surface area contributed by atoms with E-state index in [1.165, 1.54) is 0 Å². The molecule has 36 heavy (non-hydrogen) atoms. The van der Waals surface area contributed by atoms with Crippen molar-refractivity contribution < 1.29 is 34.0 Å². The minimum atomic E-state index is -0.751. The van der Waals surface area contributed by atoms with Gasteiger partial charge >= 0.3 is 5.97 Å². The SMILES string of the molecule is CO[C@@H]1CO[C@H]([C@@H](C)O)[C@H](C)/C=C(\C)[C@]23O[C@@H]4[C@H](C=C[C@@H]2C1)[C@H]3[C@H](O)[C@@H](C)[C@H]4OC(=O)C1=CC=CC1. The number of hydrogen-bond acceptors (Lipinski definition) is 7. The van der Waals surface area contributed by atoms with Gasteiger partial charge in [-0.25, -0.2) is 4.79 Å². The van der Waals surface area contributed by atoms with Crippen molar-refractivity contribution in [3.8, 4) is 0 Å². The van der Waals surface area contributed by atoms with Crippen LogP contribution in [0.5, 0.6) is 0 Å². The van der Waals surface area contributed by atoms with E-state index >= 15 is 0 Å². The second-order valence-electron chi connectivity index (χ2n) is 11.4. The molecule has 0 amide bonds. The Hall–Kier alpha value is -1.77. The van der Waals surface area contributed by atoms with Gasteiger partial charge in [0, 0.05) is 42.3 Å². The van der Waals surface area contributed by atoms with Crippen molar-refractivity contribution in [2.75, 3.05) is 13.7 Å². The zero-order valence-electron chi connectivity index (χ0n) is 21.9. The first-order valence-corrected chi connectivity index (χ1v) is 13.3. The van der Waals surface area contributed by atoms with Crippen LogP contribution in [0.2, 0.25) is 0 Å². The zero-order valence-corrected chi connectivity index (χ0v) is 21.9. The summed E-state index contributed by atoms with van der Waals surface area (Å²) in [5.41, 5.74) is 0.898. The molecule has 2 N–H and O–H groups in total. The number of aliphatic hydroxyl groups is 2. The number of carbonyl (C=O) groups excluding carboxylic acids is 1. The Morgan fingerprint density at radius 2 is 2.06 bits per heavy atom. The van der Waals surface area contributed by atoms with Crippen LogP contribution in [0.4, 0.5) is 0 Å². The van der Waals surface area contributed by atoms with Gasteiger partial charge in [0.05, 0.1) is 31.0 Å². The minimum absolute atomic E-state index is 0.0399. The summed E-state index contributed by atoms with van der Waals surface area (Å²) in [6.07, 6.45) is 10.5. The van der Waals surface area contributed by atoms with E-state index in [9.17, 15) is 15.0 Å². The molecule has 0 unspecified atom stereocenters. The first-order chi connectivity index (χ1) is 17.2. The first kappa shape index (κ1) is 25.9. The molecule has 5 aliphatic rings. The average Bonchev–Trinajstić information content (AvgIpc) is 3.44. The number of ether oxygens (including phenoxy) is 4. The summed E-state index contributed by atoms with van der Waals surface area (Å²) in [7, 11) is 1.68. The van der Waals surface area contributed by atoms with Gasteiger partial charge in [-0.2, -0.15) is 0 Å². The molecule has 0 radical (unpaired) electrons. The van der Waals surface area contributed by atoms with Gasteiger partial charge in [0.25, 0.3) is 0 Å². The Balaban J connectivity index is 1.54. The monoisotopic (exact) mass is 500 g/mol. The van der Waals surface area contributed by atoms with E-state index in [1.807, 2.05) is 26.0 Å². The number of esters is 1. The zero-order chi connectivity index (χ0) is 25.8. The fourth-order valence-electron chi connectivity index (χ4n) is 7.39. The molecule has 5 rings (SSSR count). The van der Waals surface area contributed by atoms with Gasteiger partial charge in [-0.3, -0.25) is 0 Å². The molecular formula is C29H40O7. The summed E-state index contributed by atoms with van der Waals surface area (Å²) in [6.45, 7) is 8.18. The fourth-order valence-corrected chi connectivity index (χ4v) is 7.39. The van der Waals surface area contributed by atoms with Crippen LogP contribution in [0.3, 0.4) is 0 Å². The minimum Gasteiger partial charge on any atom is -0.456 e. The summed E-state index contributed by atoms with van der Waals surface area (Å²) in [5, 5.41) is 22.2. The predicted molar refractivity (Wildman–Crippen MR) is 134 cm³/mol. The third-order valence-corrected chi connectivity index (χ3v) is 9.21. The molecule has 3 aliphatic carbocycles. The number of allylic oxidation sites excluding steroid dienone is 3. The predicted octanol–water partition coefficient (Wildman–Crippen LogP) is 3.12. The quantitative estimate of drug-likeness (QED) is 0.452. The van der Waals surface area contributed by atoms with Gasteiger partial charge < -0.3 is 29.2 Å². The van der Waals surface area contributed by atoms with Crippen LogP contribution in [0.15, 0.2) is 47.6 Å². The highest BCUT2D eigenvalue weighted by Crippen LogP contribution is 2.61. The number of aliphatic hydroxyl groups excluding tert-OH is 2. The maximum atomic E-state index is 12.9. The van der Waals surface area contributed by atoms with Gasteiger partial charge in [0.1, 0.15) is 17.8 Å². The lowest BCUT2D eigenvalue weighted by Crippen LogP contribution is -2.57. The van der Waals surface area contributed by atoms with E-state index in [0.717, 1.165) is 5.57 Å². The number of hydrogen-bond donors (Lipinski definition) is 2. The molecule has 1 saturated heterocycles. The first-order valence-electron chi connectivity index (χ1n) is 13.3. The maximum Gasteiger partial charge on any atom is 0.334 e. The molecular weight excluding hydrogens is 460 g/mol. The van der Waals surface area contributed by atoms with Crippen LogP contribution in [0.1, 0.15) is 40.5 Å². The molecule has 4 bridgehead atoms. The standard InChI is InChI=1S/C29H40O7/c1-15-12-16(2)29-20(13-21(33-5)14-34-25(15)18(4)30)10-11-22-23(29)24(31)17(3)26(27(22)36-29)35-28(32)19-8-6-7-9-19/h6-8,10-12,15,17-18,20-27,30-31H,9,13-14H2,1-5H3/b16-12+/t15-,17-,18-,20-,21+,22-,23+,24-,25+,26-,27-,29+/m1/s1. The summed E-state index contributed by atoms with van der Waals surface area (Å²) >= 11 is 0. The third kappa shape index (κ3) is 4.04. The highest BCUT2D eigenvalue weighted by atomic mass is 16.6. The summed E-state index contributed by atoms with van der Waals surface area (Å²) in [6, 6.07) is 0. The van der Waals surface area contributed by atoms with Gasteiger partial charge in [0.15, 0.2) is 0 Å². The summed E-state index contributed by atoms with van der Waals surface area (Å²) in [5.74, 6) is -0.952. The van der Waals surface area contributed by atoms with Crippen molar-refractivity contribution in [1.29, 1.82) is 0 Å². The van der Waals surface area contributed by atoms with Crippen LogP contribution in [-0.4, -0.2) is 72.1 Å². The highest BCUT2D eigenvalue weighted by Gasteiger charge is 2.68. The normalized spacial score (nSPS) is 48.0. The molecule has 198 valence electrons. The topological polar surface area (TPSA) is 94.5 Å². The number of rotatable bonds is 4. The number of carbonyl (C=O) groups is 1. The Morgan fingerprint density at radius 3 is 2.72 bits per heavy atom. The molecule has 2 aliphatic heterocycles. The van der Waals surface area contributed by atoms with Crippen molar-refractivity contribution in [3.05, 3.63) is 47.6 Å². The largest absolute Gasteiger partial charge is 0.456 e. The van der Waals surface area contributed by atoms with Crippen molar-refractivity contribution in [2.45, 2.75) is 82.8 Å². The molecule has 0 aromatic rings. The van der Waals surface area contributed by atoms with Crippen LogP contribution in [0.25, 0.3) is 0 Å². The molecule has 2 heterocycles. The second-order valence-corrected chi connectivity index (χ2v) is 11.4. The van der Waals surface area contributed by atoms with Gasteiger partial charge in [-0.1, -0.05) is 50.3 Å². The van der Waals surface area contributed by atoms with Gasteiger partial charge in [-0.05, 0) is 32.3 Å². The van der Waals surface area contributed by atoms with E-state index in [-0.39, 0.29) is 53.9 Å². The average molecular weight is 501 g/mol. The summed E-state index contributed by atoms with van der Waals surface area (Å²) < 4.78 is 25.0. The second kappa shape index (κ2) is 9.84. The molecule has 0 aromatic heterocycles. The third-order valence-electron chi connectivity index (χ3n) is 9.21. The lowest BCUT2D eigenvalue weighted by atomic mass is 9.57. The molecule has 7 heteroatoms. The van der Waals surface area contributed by atoms with Crippen molar-refractivity contribution in [2.24, 2.45) is 29.6 Å². The Bertz CT molecular complexity index is 980. The number of methoxy groups -OCH3 is 1. The molecule has 12 atom stereocenters. The Labute approximate surface area is 213 Å².